The molecule has 0 saturated heterocycles. The molecule has 2 atom stereocenters. The lowest BCUT2D eigenvalue weighted by atomic mass is 10.1. The van der Waals surface area contributed by atoms with Crippen LogP contribution in [0.25, 0.3) is 0 Å². The number of hydrogen-bond donors (Lipinski definition) is 2. The fourth-order valence-corrected chi connectivity index (χ4v) is 2.48. The summed E-state index contributed by atoms with van der Waals surface area (Å²) < 4.78 is 0. The van der Waals surface area contributed by atoms with Crippen LogP contribution in [0.5, 0.6) is 0 Å². The molecule has 2 rings (SSSR count). The highest BCUT2D eigenvalue weighted by Crippen LogP contribution is 2.17. The van der Waals surface area contributed by atoms with Gasteiger partial charge in [0.2, 0.25) is 0 Å². The molecule has 0 aromatic heterocycles. The maximum atomic E-state index is 9.06. The summed E-state index contributed by atoms with van der Waals surface area (Å²) in [5.74, 6) is 0.340. The van der Waals surface area contributed by atoms with Gasteiger partial charge in [-0.15, -0.1) is 0 Å². The molecular weight excluding hydrogens is 210 g/mol. The van der Waals surface area contributed by atoms with Crippen LogP contribution in [0.1, 0.15) is 23.1 Å². The van der Waals surface area contributed by atoms with Gasteiger partial charge in [0.1, 0.15) is 0 Å². The van der Waals surface area contributed by atoms with E-state index in [0.717, 1.165) is 13.0 Å². The number of hydrogen-bond acceptors (Lipinski definition) is 2. The average molecular weight is 231 g/mol. The zero-order chi connectivity index (χ0) is 12.3. The van der Waals surface area contributed by atoms with E-state index in [9.17, 15) is 0 Å². The summed E-state index contributed by atoms with van der Waals surface area (Å²) in [6.07, 6.45) is 5.30. The molecule has 0 fully saturated rings. The second-order valence-corrected chi connectivity index (χ2v) is 5.05. The molecule has 0 spiro atoms. The maximum absolute atomic E-state index is 9.06. The largest absolute Gasteiger partial charge is 0.396 e. The van der Waals surface area contributed by atoms with Gasteiger partial charge >= 0.3 is 0 Å². The van der Waals surface area contributed by atoms with Crippen molar-refractivity contribution in [1.29, 1.82) is 0 Å². The molecule has 0 amide bonds. The highest BCUT2D eigenvalue weighted by atomic mass is 16.3. The molecule has 1 aliphatic rings. The van der Waals surface area contributed by atoms with E-state index < -0.39 is 0 Å². The fraction of sp³-hybridized carbons (Fsp3) is 0.467. The molecule has 2 heteroatoms. The van der Waals surface area contributed by atoms with Gasteiger partial charge in [-0.2, -0.15) is 0 Å². The van der Waals surface area contributed by atoms with Crippen molar-refractivity contribution in [2.75, 3.05) is 6.61 Å². The Labute approximate surface area is 103 Å². The minimum atomic E-state index is 0.262. The Kier molecular flexibility index (Phi) is 3.97. The standard InChI is InChI=1S/C15H21NO/c1-11-5-12(2)7-14(6-11)9-16-15-4-3-13(8-15)10-17/h3-7,13,15-17H,8-10H2,1-2H3/t13-,15+/m0/s1. The summed E-state index contributed by atoms with van der Waals surface area (Å²) >= 11 is 0. The van der Waals surface area contributed by atoms with Crippen molar-refractivity contribution in [3.05, 3.63) is 47.0 Å². The van der Waals surface area contributed by atoms with Gasteiger partial charge in [0.05, 0.1) is 0 Å². The van der Waals surface area contributed by atoms with Gasteiger partial charge in [-0.25, -0.2) is 0 Å². The van der Waals surface area contributed by atoms with Crippen molar-refractivity contribution in [2.24, 2.45) is 5.92 Å². The first-order valence-electron chi connectivity index (χ1n) is 6.27. The van der Waals surface area contributed by atoms with Crippen molar-refractivity contribution in [1.82, 2.24) is 5.32 Å². The molecule has 2 nitrogen and oxygen atoms in total. The Morgan fingerprint density at radius 3 is 2.47 bits per heavy atom. The van der Waals surface area contributed by atoms with Crippen molar-refractivity contribution >= 4 is 0 Å². The molecule has 92 valence electrons. The Bertz CT molecular complexity index is 391. The highest BCUT2D eigenvalue weighted by molar-refractivity contribution is 5.28. The lowest BCUT2D eigenvalue weighted by Crippen LogP contribution is -2.26. The van der Waals surface area contributed by atoms with Gasteiger partial charge in [-0.3, -0.25) is 0 Å². The van der Waals surface area contributed by atoms with E-state index in [1.54, 1.807) is 0 Å². The average Bonchev–Trinajstić information content (AvgIpc) is 2.73. The molecule has 0 radical (unpaired) electrons. The van der Waals surface area contributed by atoms with Gasteiger partial charge in [-0.05, 0) is 25.8 Å². The number of nitrogens with one attached hydrogen (secondary N) is 1. The molecule has 0 unspecified atom stereocenters. The predicted molar refractivity (Wildman–Crippen MR) is 70.9 cm³/mol. The molecule has 0 saturated carbocycles. The van der Waals surface area contributed by atoms with Gasteiger partial charge in [-0.1, -0.05) is 41.5 Å². The van der Waals surface area contributed by atoms with Crippen LogP contribution < -0.4 is 5.32 Å². The van der Waals surface area contributed by atoms with E-state index in [-0.39, 0.29) is 6.61 Å². The Hall–Kier alpha value is -1.12. The Balaban J connectivity index is 1.88. The Morgan fingerprint density at radius 2 is 1.88 bits per heavy atom. The van der Waals surface area contributed by atoms with Crippen LogP contribution in [-0.4, -0.2) is 17.8 Å². The Morgan fingerprint density at radius 1 is 1.18 bits per heavy atom. The van der Waals surface area contributed by atoms with Crippen LogP contribution in [0.4, 0.5) is 0 Å². The van der Waals surface area contributed by atoms with Crippen LogP contribution in [0.2, 0.25) is 0 Å². The van der Waals surface area contributed by atoms with Crippen LogP contribution in [0.3, 0.4) is 0 Å². The van der Waals surface area contributed by atoms with E-state index in [1.165, 1.54) is 16.7 Å². The van der Waals surface area contributed by atoms with E-state index in [4.69, 9.17) is 5.11 Å². The molecule has 2 N–H and O–H groups in total. The minimum absolute atomic E-state index is 0.262. The third-order valence-corrected chi connectivity index (χ3v) is 3.26. The van der Waals surface area contributed by atoms with Crippen molar-refractivity contribution in [2.45, 2.75) is 32.9 Å². The summed E-state index contributed by atoms with van der Waals surface area (Å²) in [6.45, 7) is 5.43. The van der Waals surface area contributed by atoms with Crippen molar-refractivity contribution < 1.29 is 5.11 Å². The number of aliphatic hydroxyl groups excluding tert-OH is 1. The SMILES string of the molecule is Cc1cc(C)cc(CN[C@@H]2C=C[C@H](CO)C2)c1. The molecule has 17 heavy (non-hydrogen) atoms. The molecule has 1 aromatic carbocycles. The first kappa shape index (κ1) is 12.3. The van der Waals surface area contributed by atoms with Crippen LogP contribution in [-0.2, 0) is 6.54 Å². The zero-order valence-electron chi connectivity index (χ0n) is 10.6. The van der Waals surface area contributed by atoms with Gasteiger partial charge in [0, 0.05) is 25.1 Å². The summed E-state index contributed by atoms with van der Waals surface area (Å²) in [7, 11) is 0. The fourth-order valence-electron chi connectivity index (χ4n) is 2.48. The van der Waals surface area contributed by atoms with E-state index in [2.05, 4.69) is 49.5 Å². The third-order valence-electron chi connectivity index (χ3n) is 3.26. The third kappa shape index (κ3) is 3.42. The predicted octanol–water partition coefficient (Wildman–Crippen LogP) is 2.33. The summed E-state index contributed by atoms with van der Waals surface area (Å²) in [5, 5.41) is 12.6. The van der Waals surface area contributed by atoms with Gasteiger partial charge in [0.25, 0.3) is 0 Å². The molecule has 1 aliphatic carbocycles. The minimum Gasteiger partial charge on any atom is -0.396 e. The normalized spacial score (nSPS) is 23.2. The smallest absolute Gasteiger partial charge is 0.0494 e. The van der Waals surface area contributed by atoms with Gasteiger partial charge in [0.15, 0.2) is 0 Å². The number of aryl methyl sites for hydroxylation is 2. The van der Waals surface area contributed by atoms with E-state index in [0.29, 0.717) is 12.0 Å². The van der Waals surface area contributed by atoms with Crippen molar-refractivity contribution in [3.63, 3.8) is 0 Å². The summed E-state index contributed by atoms with van der Waals surface area (Å²) in [4.78, 5) is 0. The van der Waals surface area contributed by atoms with Gasteiger partial charge < -0.3 is 10.4 Å². The molecule has 1 aromatic rings. The highest BCUT2D eigenvalue weighted by Gasteiger charge is 2.17. The number of rotatable bonds is 4. The van der Waals surface area contributed by atoms with Crippen LogP contribution >= 0.6 is 0 Å². The molecule has 0 bridgehead atoms. The quantitative estimate of drug-likeness (QED) is 0.780. The topological polar surface area (TPSA) is 32.3 Å². The lowest BCUT2D eigenvalue weighted by Gasteiger charge is -2.13. The first-order valence-corrected chi connectivity index (χ1v) is 6.27. The molecule has 0 heterocycles. The first-order chi connectivity index (χ1) is 8.17. The van der Waals surface area contributed by atoms with Crippen LogP contribution in [0, 0.1) is 19.8 Å². The monoisotopic (exact) mass is 231 g/mol. The molecular formula is C15H21NO. The van der Waals surface area contributed by atoms with Crippen LogP contribution in [0.15, 0.2) is 30.4 Å². The van der Waals surface area contributed by atoms with E-state index >= 15 is 0 Å². The van der Waals surface area contributed by atoms with Crippen molar-refractivity contribution in [3.8, 4) is 0 Å². The second kappa shape index (κ2) is 5.48. The zero-order valence-corrected chi connectivity index (χ0v) is 10.6. The lowest BCUT2D eigenvalue weighted by molar-refractivity contribution is 0.246. The maximum Gasteiger partial charge on any atom is 0.0494 e. The second-order valence-electron chi connectivity index (χ2n) is 5.05. The summed E-state index contributed by atoms with van der Waals surface area (Å²) in [5.41, 5.74) is 3.97. The molecule has 0 aliphatic heterocycles. The number of aliphatic hydroxyl groups is 1. The summed E-state index contributed by atoms with van der Waals surface area (Å²) in [6, 6.07) is 7.05. The number of benzene rings is 1. The van der Waals surface area contributed by atoms with E-state index in [1.807, 2.05) is 0 Å².